The maximum Gasteiger partial charge on any atom is 0.290 e. The van der Waals surface area contributed by atoms with Crippen molar-refractivity contribution in [2.75, 3.05) is 11.5 Å². The number of carbonyl (C=O) groups is 1. The minimum absolute atomic E-state index is 0.0911. The van der Waals surface area contributed by atoms with Gasteiger partial charge in [0.15, 0.2) is 0 Å². The van der Waals surface area contributed by atoms with Crippen LogP contribution in [0.3, 0.4) is 0 Å². The second kappa shape index (κ2) is 6.33. The van der Waals surface area contributed by atoms with E-state index in [0.29, 0.717) is 23.6 Å². The van der Waals surface area contributed by atoms with E-state index in [1.807, 2.05) is 6.07 Å². The van der Waals surface area contributed by atoms with Crippen LogP contribution in [0.2, 0.25) is 5.02 Å². The summed E-state index contributed by atoms with van der Waals surface area (Å²) in [6, 6.07) is 8.46. The molecular formula is C15H15ClN2O4S. The summed E-state index contributed by atoms with van der Waals surface area (Å²) in [6.07, 6.45) is 0.840. The van der Waals surface area contributed by atoms with Crippen molar-refractivity contribution in [3.63, 3.8) is 0 Å². The first-order valence-electron chi connectivity index (χ1n) is 7.17. The Morgan fingerprint density at radius 2 is 2.00 bits per heavy atom. The SMILES string of the molecule is O=C(NC1CCS(=O)(=O)CC1)c1cc(-c2cccc(Cl)c2)no1. The molecule has 8 heteroatoms. The summed E-state index contributed by atoms with van der Waals surface area (Å²) >= 11 is 5.93. The maximum absolute atomic E-state index is 12.2. The van der Waals surface area contributed by atoms with Gasteiger partial charge in [0.05, 0.1) is 11.5 Å². The highest BCUT2D eigenvalue weighted by atomic mass is 35.5. The van der Waals surface area contributed by atoms with Crippen LogP contribution in [-0.4, -0.2) is 37.0 Å². The number of benzene rings is 1. The van der Waals surface area contributed by atoms with Crippen LogP contribution in [0.15, 0.2) is 34.9 Å². The average Bonchev–Trinajstić information content (AvgIpc) is 2.99. The van der Waals surface area contributed by atoms with Crippen molar-refractivity contribution < 1.29 is 17.7 Å². The van der Waals surface area contributed by atoms with Gasteiger partial charge >= 0.3 is 0 Å². The van der Waals surface area contributed by atoms with Gasteiger partial charge in [-0.3, -0.25) is 4.79 Å². The molecule has 1 aromatic carbocycles. The number of hydrogen-bond acceptors (Lipinski definition) is 5. The largest absolute Gasteiger partial charge is 0.350 e. The third-order valence-electron chi connectivity index (χ3n) is 3.74. The van der Waals surface area contributed by atoms with E-state index in [1.165, 1.54) is 0 Å². The number of nitrogens with zero attached hydrogens (tertiary/aromatic N) is 1. The first-order chi connectivity index (χ1) is 10.9. The van der Waals surface area contributed by atoms with Gasteiger partial charge in [-0.25, -0.2) is 8.42 Å². The highest BCUT2D eigenvalue weighted by Crippen LogP contribution is 2.22. The molecule has 3 rings (SSSR count). The molecule has 0 radical (unpaired) electrons. The third kappa shape index (κ3) is 3.92. The molecule has 1 aliphatic heterocycles. The Morgan fingerprint density at radius 3 is 2.70 bits per heavy atom. The summed E-state index contributed by atoms with van der Waals surface area (Å²) in [6.45, 7) is 0. The Labute approximate surface area is 138 Å². The van der Waals surface area contributed by atoms with Crippen LogP contribution >= 0.6 is 11.6 Å². The molecule has 1 aromatic heterocycles. The van der Waals surface area contributed by atoms with E-state index in [-0.39, 0.29) is 23.3 Å². The van der Waals surface area contributed by atoms with Gasteiger partial charge in [-0.15, -0.1) is 0 Å². The quantitative estimate of drug-likeness (QED) is 0.913. The summed E-state index contributed by atoms with van der Waals surface area (Å²) in [5, 5.41) is 7.23. The van der Waals surface area contributed by atoms with Crippen molar-refractivity contribution in [3.05, 3.63) is 41.1 Å². The first kappa shape index (κ1) is 16.0. The molecule has 1 N–H and O–H groups in total. The number of amides is 1. The van der Waals surface area contributed by atoms with E-state index < -0.39 is 15.7 Å². The molecule has 1 amide bonds. The summed E-state index contributed by atoms with van der Waals surface area (Å²) in [5.74, 6) is -0.104. The zero-order valence-electron chi connectivity index (χ0n) is 12.2. The monoisotopic (exact) mass is 354 g/mol. The number of rotatable bonds is 3. The van der Waals surface area contributed by atoms with Gasteiger partial charge in [0, 0.05) is 22.7 Å². The Kier molecular flexibility index (Phi) is 4.41. The summed E-state index contributed by atoms with van der Waals surface area (Å²) in [4.78, 5) is 12.2. The molecule has 0 atom stereocenters. The van der Waals surface area contributed by atoms with E-state index in [9.17, 15) is 13.2 Å². The van der Waals surface area contributed by atoms with Gasteiger partial charge in [0.25, 0.3) is 5.91 Å². The molecule has 0 saturated carbocycles. The van der Waals surface area contributed by atoms with E-state index in [4.69, 9.17) is 16.1 Å². The minimum Gasteiger partial charge on any atom is -0.350 e. The molecule has 6 nitrogen and oxygen atoms in total. The number of sulfone groups is 1. The Balaban J connectivity index is 1.67. The standard InChI is InChI=1S/C15H15ClN2O4S/c16-11-3-1-2-10(8-11)13-9-14(22-18-13)15(19)17-12-4-6-23(20,21)7-5-12/h1-3,8-9,12H,4-7H2,(H,17,19). The van der Waals surface area contributed by atoms with E-state index in [2.05, 4.69) is 10.5 Å². The van der Waals surface area contributed by atoms with Crippen molar-refractivity contribution >= 4 is 27.3 Å². The van der Waals surface area contributed by atoms with Crippen LogP contribution in [0.1, 0.15) is 23.4 Å². The Hall–Kier alpha value is -1.86. The molecule has 0 bridgehead atoms. The van der Waals surface area contributed by atoms with Gasteiger partial charge in [0.2, 0.25) is 5.76 Å². The summed E-state index contributed by atoms with van der Waals surface area (Å²) < 4.78 is 27.9. The second-order valence-corrected chi connectivity index (χ2v) is 8.23. The zero-order chi connectivity index (χ0) is 16.4. The lowest BCUT2D eigenvalue weighted by Crippen LogP contribution is -2.40. The van der Waals surface area contributed by atoms with E-state index in [0.717, 1.165) is 5.56 Å². The Morgan fingerprint density at radius 1 is 1.26 bits per heavy atom. The van der Waals surface area contributed by atoms with Gasteiger partial charge in [0.1, 0.15) is 15.5 Å². The number of halogens is 1. The fourth-order valence-corrected chi connectivity index (χ4v) is 4.14. The fraction of sp³-hybridized carbons (Fsp3) is 0.333. The van der Waals surface area contributed by atoms with Crippen molar-refractivity contribution in [3.8, 4) is 11.3 Å². The molecule has 2 heterocycles. The molecule has 1 fully saturated rings. The second-order valence-electron chi connectivity index (χ2n) is 5.49. The Bertz CT molecular complexity index is 818. The topological polar surface area (TPSA) is 89.3 Å². The molecular weight excluding hydrogens is 340 g/mol. The van der Waals surface area contributed by atoms with Gasteiger partial charge in [-0.1, -0.05) is 28.9 Å². The summed E-state index contributed by atoms with van der Waals surface area (Å²) in [5.41, 5.74) is 1.27. The molecule has 2 aromatic rings. The van der Waals surface area contributed by atoms with Crippen molar-refractivity contribution in [2.24, 2.45) is 0 Å². The number of hydrogen-bond donors (Lipinski definition) is 1. The van der Waals surface area contributed by atoms with Crippen LogP contribution < -0.4 is 5.32 Å². The highest BCUT2D eigenvalue weighted by molar-refractivity contribution is 7.91. The van der Waals surface area contributed by atoms with E-state index in [1.54, 1.807) is 24.3 Å². The van der Waals surface area contributed by atoms with Gasteiger partial charge in [-0.05, 0) is 25.0 Å². The molecule has 122 valence electrons. The van der Waals surface area contributed by atoms with Crippen LogP contribution in [0.25, 0.3) is 11.3 Å². The number of nitrogens with one attached hydrogen (secondary N) is 1. The molecule has 0 spiro atoms. The predicted molar refractivity (Wildman–Crippen MR) is 86.1 cm³/mol. The van der Waals surface area contributed by atoms with Crippen LogP contribution in [0.4, 0.5) is 0 Å². The number of aromatic nitrogens is 1. The van der Waals surface area contributed by atoms with Crippen molar-refractivity contribution in [2.45, 2.75) is 18.9 Å². The van der Waals surface area contributed by atoms with E-state index >= 15 is 0 Å². The first-order valence-corrected chi connectivity index (χ1v) is 9.37. The van der Waals surface area contributed by atoms with Gasteiger partial charge < -0.3 is 9.84 Å². The molecule has 1 aliphatic rings. The highest BCUT2D eigenvalue weighted by Gasteiger charge is 2.26. The van der Waals surface area contributed by atoms with Gasteiger partial charge in [-0.2, -0.15) is 0 Å². The molecule has 23 heavy (non-hydrogen) atoms. The van der Waals surface area contributed by atoms with Crippen LogP contribution in [0.5, 0.6) is 0 Å². The predicted octanol–water partition coefficient (Wildman–Crippen LogP) is 2.30. The lowest BCUT2D eigenvalue weighted by atomic mass is 10.1. The lowest BCUT2D eigenvalue weighted by Gasteiger charge is -2.22. The maximum atomic E-state index is 12.2. The minimum atomic E-state index is -2.95. The van der Waals surface area contributed by atoms with Crippen molar-refractivity contribution in [1.82, 2.24) is 10.5 Å². The zero-order valence-corrected chi connectivity index (χ0v) is 13.7. The van der Waals surface area contributed by atoms with Crippen LogP contribution in [-0.2, 0) is 9.84 Å². The van der Waals surface area contributed by atoms with Crippen LogP contribution in [0, 0.1) is 0 Å². The molecule has 0 aliphatic carbocycles. The fourth-order valence-electron chi connectivity index (χ4n) is 2.46. The number of carbonyl (C=O) groups excluding carboxylic acids is 1. The third-order valence-corrected chi connectivity index (χ3v) is 5.69. The summed E-state index contributed by atoms with van der Waals surface area (Å²) in [7, 11) is -2.95. The smallest absolute Gasteiger partial charge is 0.290 e. The average molecular weight is 355 g/mol. The molecule has 1 saturated heterocycles. The normalized spacial score (nSPS) is 17.8. The van der Waals surface area contributed by atoms with Crippen molar-refractivity contribution in [1.29, 1.82) is 0 Å². The lowest BCUT2D eigenvalue weighted by molar-refractivity contribution is 0.0897. The molecule has 0 unspecified atom stereocenters.